The van der Waals surface area contributed by atoms with Crippen molar-refractivity contribution in [2.75, 3.05) is 26.2 Å². The summed E-state index contributed by atoms with van der Waals surface area (Å²) < 4.78 is 0. The molecule has 1 atom stereocenters. The monoisotopic (exact) mass is 423 g/mol. The molecule has 2 saturated heterocycles. The van der Waals surface area contributed by atoms with E-state index < -0.39 is 0 Å². The van der Waals surface area contributed by atoms with Gasteiger partial charge in [0.25, 0.3) is 0 Å². The quantitative estimate of drug-likeness (QED) is 0.724. The van der Waals surface area contributed by atoms with Gasteiger partial charge in [0.2, 0.25) is 0 Å². The van der Waals surface area contributed by atoms with Gasteiger partial charge in [0.05, 0.1) is 6.04 Å². The largest absolute Gasteiger partial charge is 0.332 e. The van der Waals surface area contributed by atoms with E-state index in [4.69, 9.17) is 23.2 Å². The number of rotatable bonds is 5. The standard InChI is InChI=1S/C22H31Cl2N3O/c23-18-6-7-21(24)17(13-18)12-16-8-10-26(11-9-16)14-19-15-27(22(28)25-19)20-4-2-1-3-5-20/h6-7,13,16,19-20H,1-5,8-12,14-15H2,(H,25,28). The highest BCUT2D eigenvalue weighted by atomic mass is 35.5. The van der Waals surface area contributed by atoms with Gasteiger partial charge in [-0.1, -0.05) is 42.5 Å². The molecule has 0 spiro atoms. The van der Waals surface area contributed by atoms with Crippen molar-refractivity contribution in [3.8, 4) is 0 Å². The van der Waals surface area contributed by atoms with Crippen molar-refractivity contribution >= 4 is 29.2 Å². The van der Waals surface area contributed by atoms with Crippen LogP contribution in [0.2, 0.25) is 10.0 Å². The fourth-order valence-corrected chi connectivity index (χ4v) is 5.52. The minimum atomic E-state index is 0.155. The first kappa shape index (κ1) is 20.3. The number of benzene rings is 1. The number of carbonyl (C=O) groups is 1. The lowest BCUT2D eigenvalue weighted by atomic mass is 9.90. The van der Waals surface area contributed by atoms with Gasteiger partial charge in [-0.2, -0.15) is 0 Å². The van der Waals surface area contributed by atoms with Crippen LogP contribution in [0.15, 0.2) is 18.2 Å². The Hall–Kier alpha value is -0.970. The van der Waals surface area contributed by atoms with Gasteiger partial charge in [-0.05, 0) is 74.9 Å². The van der Waals surface area contributed by atoms with E-state index in [0.29, 0.717) is 12.0 Å². The topological polar surface area (TPSA) is 35.6 Å². The molecule has 3 aliphatic rings. The predicted molar refractivity (Wildman–Crippen MR) is 115 cm³/mol. The van der Waals surface area contributed by atoms with Gasteiger partial charge in [-0.15, -0.1) is 0 Å². The molecule has 1 aromatic carbocycles. The van der Waals surface area contributed by atoms with Crippen molar-refractivity contribution < 1.29 is 4.79 Å². The number of nitrogens with one attached hydrogen (secondary N) is 1. The summed E-state index contributed by atoms with van der Waals surface area (Å²) in [6.07, 6.45) is 9.57. The summed E-state index contributed by atoms with van der Waals surface area (Å²) in [5, 5.41) is 4.81. The minimum absolute atomic E-state index is 0.155. The summed E-state index contributed by atoms with van der Waals surface area (Å²) >= 11 is 12.5. The second-order valence-electron chi connectivity index (χ2n) is 8.77. The maximum atomic E-state index is 12.4. The molecule has 2 aliphatic heterocycles. The van der Waals surface area contributed by atoms with Crippen LogP contribution in [-0.2, 0) is 6.42 Å². The zero-order chi connectivity index (χ0) is 19.5. The van der Waals surface area contributed by atoms with Crippen molar-refractivity contribution in [2.24, 2.45) is 5.92 Å². The summed E-state index contributed by atoms with van der Waals surface area (Å²) in [4.78, 5) is 17.0. The molecule has 1 aliphatic carbocycles. The van der Waals surface area contributed by atoms with E-state index in [1.807, 2.05) is 18.2 Å². The SMILES string of the molecule is O=C1NC(CN2CCC(Cc3cc(Cl)ccc3Cl)CC2)CN1C1CCCCC1. The number of hydrogen-bond donors (Lipinski definition) is 1. The third-order valence-corrected chi connectivity index (χ3v) is 7.33. The highest BCUT2D eigenvalue weighted by Crippen LogP contribution is 2.28. The molecule has 0 aromatic heterocycles. The van der Waals surface area contributed by atoms with Crippen molar-refractivity contribution in [3.05, 3.63) is 33.8 Å². The van der Waals surface area contributed by atoms with Gasteiger partial charge in [-0.3, -0.25) is 0 Å². The lowest BCUT2D eigenvalue weighted by Gasteiger charge is -2.34. The number of likely N-dealkylation sites (tertiary alicyclic amines) is 1. The molecule has 0 radical (unpaired) electrons. The molecule has 1 aromatic rings. The van der Waals surface area contributed by atoms with Crippen LogP contribution in [0.5, 0.6) is 0 Å². The lowest BCUT2D eigenvalue weighted by Crippen LogP contribution is -2.43. The van der Waals surface area contributed by atoms with Gasteiger partial charge in [0.1, 0.15) is 0 Å². The maximum absolute atomic E-state index is 12.4. The van der Waals surface area contributed by atoms with E-state index in [9.17, 15) is 4.79 Å². The van der Waals surface area contributed by atoms with Crippen molar-refractivity contribution in [1.82, 2.24) is 15.1 Å². The lowest BCUT2D eigenvalue weighted by molar-refractivity contribution is 0.163. The molecule has 1 unspecified atom stereocenters. The van der Waals surface area contributed by atoms with Gasteiger partial charge >= 0.3 is 6.03 Å². The van der Waals surface area contributed by atoms with E-state index in [-0.39, 0.29) is 12.1 Å². The Balaban J connectivity index is 1.23. The average molecular weight is 424 g/mol. The number of urea groups is 1. The van der Waals surface area contributed by atoms with Crippen LogP contribution in [0.4, 0.5) is 4.79 Å². The minimum Gasteiger partial charge on any atom is -0.332 e. The zero-order valence-corrected chi connectivity index (χ0v) is 18.0. The molecule has 6 heteroatoms. The van der Waals surface area contributed by atoms with Crippen LogP contribution in [0.25, 0.3) is 0 Å². The predicted octanol–water partition coefficient (Wildman–Crippen LogP) is 4.97. The first-order chi connectivity index (χ1) is 13.6. The molecular weight excluding hydrogens is 393 g/mol. The highest BCUT2D eigenvalue weighted by molar-refractivity contribution is 6.33. The van der Waals surface area contributed by atoms with Crippen LogP contribution >= 0.6 is 23.2 Å². The summed E-state index contributed by atoms with van der Waals surface area (Å²) in [5.41, 5.74) is 1.17. The number of piperidine rings is 1. The molecule has 0 bridgehead atoms. The molecule has 2 heterocycles. The fraction of sp³-hybridized carbons (Fsp3) is 0.682. The molecule has 3 fully saturated rings. The summed E-state index contributed by atoms with van der Waals surface area (Å²) in [6.45, 7) is 4.04. The van der Waals surface area contributed by atoms with Crippen LogP contribution in [0.3, 0.4) is 0 Å². The van der Waals surface area contributed by atoms with Crippen LogP contribution < -0.4 is 5.32 Å². The van der Waals surface area contributed by atoms with Crippen molar-refractivity contribution in [1.29, 1.82) is 0 Å². The van der Waals surface area contributed by atoms with Crippen LogP contribution in [0.1, 0.15) is 50.5 Å². The Morgan fingerprint density at radius 2 is 1.79 bits per heavy atom. The Morgan fingerprint density at radius 3 is 2.54 bits per heavy atom. The second-order valence-corrected chi connectivity index (χ2v) is 9.62. The maximum Gasteiger partial charge on any atom is 0.318 e. The first-order valence-electron chi connectivity index (χ1n) is 10.8. The van der Waals surface area contributed by atoms with E-state index in [0.717, 1.165) is 42.6 Å². The van der Waals surface area contributed by atoms with E-state index in [1.54, 1.807) is 0 Å². The van der Waals surface area contributed by atoms with Crippen LogP contribution in [-0.4, -0.2) is 54.1 Å². The smallest absolute Gasteiger partial charge is 0.318 e. The number of nitrogens with zero attached hydrogens (tertiary/aromatic N) is 2. The first-order valence-corrected chi connectivity index (χ1v) is 11.6. The summed E-state index contributed by atoms with van der Waals surface area (Å²) in [5.74, 6) is 0.657. The van der Waals surface area contributed by atoms with Gasteiger partial charge < -0.3 is 15.1 Å². The Bertz CT molecular complexity index is 684. The summed E-state index contributed by atoms with van der Waals surface area (Å²) in [7, 11) is 0. The molecule has 4 nitrogen and oxygen atoms in total. The van der Waals surface area contributed by atoms with Crippen LogP contribution in [0, 0.1) is 5.92 Å². The summed E-state index contributed by atoms with van der Waals surface area (Å²) in [6, 6.07) is 6.64. The second kappa shape index (κ2) is 9.23. The Kier molecular flexibility index (Phi) is 6.70. The third-order valence-electron chi connectivity index (χ3n) is 6.72. The molecule has 154 valence electrons. The fourth-order valence-electron chi connectivity index (χ4n) is 5.13. The molecule has 28 heavy (non-hydrogen) atoms. The Labute approximate surface area is 178 Å². The molecule has 1 saturated carbocycles. The van der Waals surface area contributed by atoms with Gasteiger partial charge in [0, 0.05) is 29.2 Å². The van der Waals surface area contributed by atoms with Crippen molar-refractivity contribution in [2.45, 2.75) is 63.5 Å². The normalized spacial score (nSPS) is 25.3. The third kappa shape index (κ3) is 4.95. The average Bonchev–Trinajstić information content (AvgIpc) is 3.07. The van der Waals surface area contributed by atoms with E-state index >= 15 is 0 Å². The van der Waals surface area contributed by atoms with E-state index in [2.05, 4.69) is 15.1 Å². The number of halogens is 2. The number of carbonyl (C=O) groups excluding carboxylic acids is 1. The van der Waals surface area contributed by atoms with Crippen molar-refractivity contribution in [3.63, 3.8) is 0 Å². The Morgan fingerprint density at radius 1 is 1.04 bits per heavy atom. The van der Waals surface area contributed by atoms with Gasteiger partial charge in [-0.25, -0.2) is 4.79 Å². The molecular formula is C22H31Cl2N3O. The zero-order valence-electron chi connectivity index (χ0n) is 16.5. The molecule has 1 N–H and O–H groups in total. The van der Waals surface area contributed by atoms with Gasteiger partial charge in [0.15, 0.2) is 0 Å². The number of hydrogen-bond acceptors (Lipinski definition) is 2. The molecule has 4 rings (SSSR count). The highest BCUT2D eigenvalue weighted by Gasteiger charge is 2.35. The van der Waals surface area contributed by atoms with E-state index in [1.165, 1.54) is 50.5 Å². The number of amides is 2. The molecule has 2 amide bonds.